The molecule has 0 atom stereocenters. The van der Waals surface area contributed by atoms with E-state index < -0.39 is 42.1 Å². The van der Waals surface area contributed by atoms with Crippen molar-refractivity contribution in [3.63, 3.8) is 0 Å². The molecule has 0 saturated carbocycles. The number of hydrogen-bond donors (Lipinski definition) is 1. The van der Waals surface area contributed by atoms with Crippen LogP contribution in [0.2, 0.25) is 0 Å². The Labute approximate surface area is 147 Å². The molecule has 0 aliphatic carbocycles. The SMILES string of the molecule is CCN(Cc1cccc(F)c1)C(=O)COC(=O)Cn1ccc(=O)[nH]c1=O. The lowest BCUT2D eigenvalue weighted by Gasteiger charge is -2.21. The van der Waals surface area contributed by atoms with Crippen LogP contribution in [-0.4, -0.2) is 39.5 Å². The van der Waals surface area contributed by atoms with E-state index in [1.165, 1.54) is 17.0 Å². The average Bonchev–Trinajstić information content (AvgIpc) is 2.60. The van der Waals surface area contributed by atoms with E-state index in [0.29, 0.717) is 12.1 Å². The van der Waals surface area contributed by atoms with Gasteiger partial charge in [0.05, 0.1) is 0 Å². The van der Waals surface area contributed by atoms with E-state index in [9.17, 15) is 23.6 Å². The van der Waals surface area contributed by atoms with E-state index >= 15 is 0 Å². The molecule has 2 rings (SSSR count). The maximum atomic E-state index is 13.2. The highest BCUT2D eigenvalue weighted by Gasteiger charge is 2.15. The molecule has 9 heteroatoms. The molecule has 0 unspecified atom stereocenters. The summed E-state index contributed by atoms with van der Waals surface area (Å²) in [5, 5.41) is 0. The summed E-state index contributed by atoms with van der Waals surface area (Å²) in [5.41, 5.74) is -0.709. The number of ether oxygens (including phenoxy) is 1. The molecule has 0 aliphatic rings. The third kappa shape index (κ3) is 5.40. The van der Waals surface area contributed by atoms with Crippen molar-refractivity contribution < 1.29 is 18.7 Å². The average molecular weight is 363 g/mol. The second-order valence-electron chi connectivity index (χ2n) is 5.44. The van der Waals surface area contributed by atoms with E-state index in [2.05, 4.69) is 0 Å². The lowest BCUT2D eigenvalue weighted by molar-refractivity contribution is -0.152. The first-order valence-electron chi connectivity index (χ1n) is 7.86. The largest absolute Gasteiger partial charge is 0.454 e. The van der Waals surface area contributed by atoms with Crippen molar-refractivity contribution in [1.29, 1.82) is 0 Å². The summed E-state index contributed by atoms with van der Waals surface area (Å²) < 4.78 is 19.1. The number of carbonyl (C=O) groups is 2. The van der Waals surface area contributed by atoms with Gasteiger partial charge in [-0.1, -0.05) is 12.1 Å². The number of hydrogen-bond acceptors (Lipinski definition) is 5. The minimum Gasteiger partial charge on any atom is -0.454 e. The van der Waals surface area contributed by atoms with Crippen LogP contribution in [0.25, 0.3) is 0 Å². The maximum Gasteiger partial charge on any atom is 0.328 e. The fraction of sp³-hybridized carbons (Fsp3) is 0.294. The Kier molecular flexibility index (Phi) is 6.42. The van der Waals surface area contributed by atoms with Crippen LogP contribution < -0.4 is 11.2 Å². The standard InChI is InChI=1S/C17H18FN3O5/c1-2-20(9-12-4-3-5-13(18)8-12)15(23)11-26-16(24)10-21-7-6-14(22)19-17(21)25/h3-8H,2,9-11H2,1H3,(H,19,22,25). The molecule has 1 aromatic heterocycles. The first-order valence-corrected chi connectivity index (χ1v) is 7.86. The summed E-state index contributed by atoms with van der Waals surface area (Å²) in [4.78, 5) is 49.8. The molecule has 0 spiro atoms. The van der Waals surface area contributed by atoms with Crippen LogP contribution in [0.1, 0.15) is 12.5 Å². The van der Waals surface area contributed by atoms with Gasteiger partial charge in [-0.2, -0.15) is 0 Å². The number of halogens is 1. The molecule has 2 aromatic rings. The fourth-order valence-electron chi connectivity index (χ4n) is 2.22. The molecule has 138 valence electrons. The summed E-state index contributed by atoms with van der Waals surface area (Å²) in [6.45, 7) is 1.36. The van der Waals surface area contributed by atoms with Gasteiger partial charge in [0, 0.05) is 25.4 Å². The fourth-order valence-corrected chi connectivity index (χ4v) is 2.22. The molecular weight excluding hydrogens is 345 g/mol. The van der Waals surface area contributed by atoms with E-state index in [1.807, 2.05) is 4.98 Å². The Hall–Kier alpha value is -3.23. The van der Waals surface area contributed by atoms with Gasteiger partial charge in [0.2, 0.25) is 0 Å². The van der Waals surface area contributed by atoms with Crippen molar-refractivity contribution in [1.82, 2.24) is 14.5 Å². The first-order chi connectivity index (χ1) is 12.4. The molecule has 1 heterocycles. The number of carbonyl (C=O) groups excluding carboxylic acids is 2. The lowest BCUT2D eigenvalue weighted by atomic mass is 10.2. The van der Waals surface area contributed by atoms with E-state index in [1.54, 1.807) is 19.1 Å². The second kappa shape index (κ2) is 8.75. The maximum absolute atomic E-state index is 13.2. The molecule has 0 fully saturated rings. The molecule has 1 aromatic carbocycles. The Balaban J connectivity index is 1.90. The number of likely N-dealkylation sites (N-methyl/N-ethyl adjacent to an activating group) is 1. The normalized spacial score (nSPS) is 10.4. The Morgan fingerprint density at radius 1 is 1.27 bits per heavy atom. The van der Waals surface area contributed by atoms with Crippen LogP contribution in [0, 0.1) is 5.82 Å². The van der Waals surface area contributed by atoms with Crippen molar-refractivity contribution in [2.45, 2.75) is 20.0 Å². The van der Waals surface area contributed by atoms with E-state index in [4.69, 9.17) is 4.74 Å². The monoisotopic (exact) mass is 363 g/mol. The van der Waals surface area contributed by atoms with Crippen molar-refractivity contribution in [2.24, 2.45) is 0 Å². The summed E-state index contributed by atoms with van der Waals surface area (Å²) in [5.74, 6) is -1.64. The molecule has 8 nitrogen and oxygen atoms in total. The number of aromatic amines is 1. The highest BCUT2D eigenvalue weighted by molar-refractivity contribution is 5.80. The van der Waals surface area contributed by atoms with E-state index in [-0.39, 0.29) is 6.54 Å². The van der Waals surface area contributed by atoms with Crippen molar-refractivity contribution in [3.05, 3.63) is 68.7 Å². The summed E-state index contributed by atoms with van der Waals surface area (Å²) >= 11 is 0. The van der Waals surface area contributed by atoms with Gasteiger partial charge < -0.3 is 9.64 Å². The van der Waals surface area contributed by atoms with Crippen LogP contribution >= 0.6 is 0 Å². The Morgan fingerprint density at radius 2 is 2.04 bits per heavy atom. The topological polar surface area (TPSA) is 101 Å². The highest BCUT2D eigenvalue weighted by Crippen LogP contribution is 2.07. The van der Waals surface area contributed by atoms with Crippen LogP contribution in [0.3, 0.4) is 0 Å². The Morgan fingerprint density at radius 3 is 2.69 bits per heavy atom. The number of benzene rings is 1. The molecule has 26 heavy (non-hydrogen) atoms. The van der Waals surface area contributed by atoms with Crippen LogP contribution in [0.15, 0.2) is 46.1 Å². The predicted molar refractivity (Wildman–Crippen MR) is 89.8 cm³/mol. The van der Waals surface area contributed by atoms with Crippen LogP contribution in [0.4, 0.5) is 4.39 Å². The smallest absolute Gasteiger partial charge is 0.328 e. The van der Waals surface area contributed by atoms with Gasteiger partial charge >= 0.3 is 11.7 Å². The number of nitrogens with one attached hydrogen (secondary N) is 1. The van der Waals surface area contributed by atoms with Gasteiger partial charge in [-0.3, -0.25) is 23.9 Å². The van der Waals surface area contributed by atoms with Gasteiger partial charge in [0.15, 0.2) is 6.61 Å². The summed E-state index contributed by atoms with van der Waals surface area (Å²) in [6.07, 6.45) is 1.16. The van der Waals surface area contributed by atoms with Crippen LogP contribution in [0.5, 0.6) is 0 Å². The first kappa shape index (κ1) is 19.1. The predicted octanol–water partition coefficient (Wildman–Crippen LogP) is 0.268. The van der Waals surface area contributed by atoms with Crippen LogP contribution in [-0.2, 0) is 27.4 Å². The molecule has 1 amide bonds. The van der Waals surface area contributed by atoms with Crippen molar-refractivity contribution in [2.75, 3.05) is 13.2 Å². The van der Waals surface area contributed by atoms with Crippen molar-refractivity contribution in [3.8, 4) is 0 Å². The third-order valence-corrected chi connectivity index (χ3v) is 3.55. The number of rotatable bonds is 7. The zero-order valence-corrected chi connectivity index (χ0v) is 14.1. The molecule has 0 bridgehead atoms. The summed E-state index contributed by atoms with van der Waals surface area (Å²) in [7, 11) is 0. The molecular formula is C17H18FN3O5. The quantitative estimate of drug-likeness (QED) is 0.712. The number of nitrogens with zero attached hydrogens (tertiary/aromatic N) is 2. The zero-order valence-electron chi connectivity index (χ0n) is 14.1. The highest BCUT2D eigenvalue weighted by atomic mass is 19.1. The Bertz CT molecular complexity index is 906. The van der Waals surface area contributed by atoms with Gasteiger partial charge in [0.1, 0.15) is 12.4 Å². The molecule has 0 aliphatic heterocycles. The van der Waals surface area contributed by atoms with Gasteiger partial charge in [-0.05, 0) is 24.6 Å². The minimum atomic E-state index is -0.797. The molecule has 0 radical (unpaired) electrons. The molecule has 0 saturated heterocycles. The number of aromatic nitrogens is 2. The minimum absolute atomic E-state index is 0.185. The number of H-pyrrole nitrogens is 1. The van der Waals surface area contributed by atoms with Crippen molar-refractivity contribution >= 4 is 11.9 Å². The molecule has 1 N–H and O–H groups in total. The van der Waals surface area contributed by atoms with Gasteiger partial charge in [0.25, 0.3) is 11.5 Å². The number of esters is 1. The summed E-state index contributed by atoms with van der Waals surface area (Å²) in [6, 6.07) is 6.96. The second-order valence-corrected chi connectivity index (χ2v) is 5.44. The van der Waals surface area contributed by atoms with Gasteiger partial charge in [-0.25, -0.2) is 9.18 Å². The van der Waals surface area contributed by atoms with E-state index in [0.717, 1.165) is 16.8 Å². The number of amides is 1. The lowest BCUT2D eigenvalue weighted by Crippen LogP contribution is -2.35. The third-order valence-electron chi connectivity index (χ3n) is 3.55. The van der Waals surface area contributed by atoms with Gasteiger partial charge in [-0.15, -0.1) is 0 Å². The zero-order chi connectivity index (χ0) is 19.1.